The number of nitrogens with one attached hydrogen (secondary N) is 1. The van der Waals surface area contributed by atoms with Crippen LogP contribution < -0.4 is 5.32 Å². The second kappa shape index (κ2) is 5.77. The van der Waals surface area contributed by atoms with Gasteiger partial charge < -0.3 is 5.32 Å². The molecule has 0 fully saturated rings. The first-order valence-corrected chi connectivity index (χ1v) is 7.95. The Bertz CT molecular complexity index is 551. The SMILES string of the molecule is Cc1sc(CNC(C)(C)C)cc1Cn1cc(Br)cn1. The van der Waals surface area contributed by atoms with E-state index in [0.29, 0.717) is 0 Å². The van der Waals surface area contributed by atoms with Crippen molar-refractivity contribution in [3.63, 3.8) is 0 Å². The third kappa shape index (κ3) is 4.44. The zero-order chi connectivity index (χ0) is 14.0. The predicted octanol–water partition coefficient (Wildman–Crippen LogP) is 3.95. The van der Waals surface area contributed by atoms with Crippen molar-refractivity contribution in [2.24, 2.45) is 0 Å². The Kier molecular flexibility index (Phi) is 4.48. The van der Waals surface area contributed by atoms with Crippen LogP contribution in [0.1, 0.15) is 36.1 Å². The summed E-state index contributed by atoms with van der Waals surface area (Å²) in [6.07, 6.45) is 3.83. The van der Waals surface area contributed by atoms with Crippen LogP contribution >= 0.6 is 27.3 Å². The summed E-state index contributed by atoms with van der Waals surface area (Å²) in [4.78, 5) is 2.76. The fraction of sp³-hybridized carbons (Fsp3) is 0.500. The summed E-state index contributed by atoms with van der Waals surface area (Å²) in [7, 11) is 0. The van der Waals surface area contributed by atoms with Crippen LogP contribution in [0.3, 0.4) is 0 Å². The van der Waals surface area contributed by atoms with E-state index >= 15 is 0 Å². The summed E-state index contributed by atoms with van der Waals surface area (Å²) in [5.41, 5.74) is 1.51. The van der Waals surface area contributed by atoms with Crippen molar-refractivity contribution < 1.29 is 0 Å². The lowest BCUT2D eigenvalue weighted by atomic mass is 10.1. The Morgan fingerprint density at radius 1 is 1.42 bits per heavy atom. The molecular formula is C14H20BrN3S. The molecular weight excluding hydrogens is 322 g/mol. The molecule has 0 radical (unpaired) electrons. The molecule has 2 aromatic rings. The fourth-order valence-corrected chi connectivity index (χ4v) is 3.10. The predicted molar refractivity (Wildman–Crippen MR) is 84.7 cm³/mol. The second-order valence-corrected chi connectivity index (χ2v) is 8.01. The lowest BCUT2D eigenvalue weighted by Gasteiger charge is -2.19. The van der Waals surface area contributed by atoms with Gasteiger partial charge in [-0.2, -0.15) is 5.10 Å². The Morgan fingerprint density at radius 3 is 2.74 bits per heavy atom. The third-order valence-electron chi connectivity index (χ3n) is 2.80. The summed E-state index contributed by atoms with van der Waals surface area (Å²) >= 11 is 5.29. The van der Waals surface area contributed by atoms with Gasteiger partial charge in [0.25, 0.3) is 0 Å². The maximum atomic E-state index is 4.31. The van der Waals surface area contributed by atoms with Gasteiger partial charge in [0.2, 0.25) is 0 Å². The molecule has 0 aliphatic carbocycles. The van der Waals surface area contributed by atoms with Crippen LogP contribution in [-0.2, 0) is 13.1 Å². The molecule has 3 nitrogen and oxygen atoms in total. The first-order chi connectivity index (χ1) is 8.83. The molecule has 2 aromatic heterocycles. The number of hydrogen-bond donors (Lipinski definition) is 1. The van der Waals surface area contributed by atoms with Crippen LogP contribution in [0.4, 0.5) is 0 Å². The van der Waals surface area contributed by atoms with Crippen molar-refractivity contribution >= 4 is 27.3 Å². The van der Waals surface area contributed by atoms with Crippen molar-refractivity contribution in [2.45, 2.75) is 46.3 Å². The standard InChI is InChI=1S/C14H20BrN3S/c1-10-11(8-18-9-12(15)6-17-18)5-13(19-10)7-16-14(2,3)4/h5-6,9,16H,7-8H2,1-4H3. The molecule has 0 atom stereocenters. The molecule has 0 spiro atoms. The molecule has 104 valence electrons. The van der Waals surface area contributed by atoms with E-state index < -0.39 is 0 Å². The minimum absolute atomic E-state index is 0.158. The maximum absolute atomic E-state index is 4.31. The highest BCUT2D eigenvalue weighted by Crippen LogP contribution is 2.23. The number of thiophene rings is 1. The molecule has 2 heterocycles. The van der Waals surface area contributed by atoms with E-state index in [0.717, 1.165) is 17.6 Å². The quantitative estimate of drug-likeness (QED) is 0.912. The van der Waals surface area contributed by atoms with Crippen LogP contribution in [0, 0.1) is 6.92 Å². The average molecular weight is 342 g/mol. The van der Waals surface area contributed by atoms with E-state index in [-0.39, 0.29) is 5.54 Å². The van der Waals surface area contributed by atoms with Gasteiger partial charge in [0.1, 0.15) is 0 Å². The van der Waals surface area contributed by atoms with Gasteiger partial charge in [0, 0.05) is 28.0 Å². The number of nitrogens with zero attached hydrogens (tertiary/aromatic N) is 2. The molecule has 0 saturated carbocycles. The number of aromatic nitrogens is 2. The van der Waals surface area contributed by atoms with Crippen molar-refractivity contribution in [1.29, 1.82) is 0 Å². The molecule has 2 rings (SSSR count). The number of rotatable bonds is 4. The Labute approximate surface area is 127 Å². The first-order valence-electron chi connectivity index (χ1n) is 6.35. The molecule has 0 aliphatic rings. The first kappa shape index (κ1) is 14.8. The largest absolute Gasteiger partial charge is 0.307 e. The highest BCUT2D eigenvalue weighted by Gasteiger charge is 2.11. The number of halogens is 1. The minimum Gasteiger partial charge on any atom is -0.307 e. The van der Waals surface area contributed by atoms with E-state index in [1.165, 1.54) is 15.3 Å². The Hall–Kier alpha value is -0.650. The lowest BCUT2D eigenvalue weighted by molar-refractivity contribution is 0.426. The summed E-state index contributed by atoms with van der Waals surface area (Å²) in [5.74, 6) is 0. The minimum atomic E-state index is 0.158. The maximum Gasteiger partial charge on any atom is 0.0670 e. The molecule has 0 saturated heterocycles. The summed E-state index contributed by atoms with van der Waals surface area (Å²) in [5, 5.41) is 7.83. The highest BCUT2D eigenvalue weighted by atomic mass is 79.9. The molecule has 1 N–H and O–H groups in total. The van der Waals surface area contributed by atoms with Gasteiger partial charge in [0.05, 0.1) is 17.2 Å². The van der Waals surface area contributed by atoms with Gasteiger partial charge in [0.15, 0.2) is 0 Å². The smallest absolute Gasteiger partial charge is 0.0670 e. The molecule has 0 unspecified atom stereocenters. The van der Waals surface area contributed by atoms with E-state index in [4.69, 9.17) is 0 Å². The zero-order valence-electron chi connectivity index (χ0n) is 11.8. The Morgan fingerprint density at radius 2 is 2.16 bits per heavy atom. The Balaban J connectivity index is 2.04. The van der Waals surface area contributed by atoms with Crippen LogP contribution in [-0.4, -0.2) is 15.3 Å². The molecule has 0 aromatic carbocycles. The van der Waals surface area contributed by atoms with Crippen LogP contribution in [0.25, 0.3) is 0 Å². The van der Waals surface area contributed by atoms with E-state index in [9.17, 15) is 0 Å². The normalized spacial score (nSPS) is 12.1. The van der Waals surface area contributed by atoms with E-state index in [1.54, 1.807) is 0 Å². The topological polar surface area (TPSA) is 29.9 Å². The van der Waals surface area contributed by atoms with Crippen molar-refractivity contribution in [3.8, 4) is 0 Å². The second-order valence-electron chi connectivity index (χ2n) is 5.75. The molecule has 5 heteroatoms. The van der Waals surface area contributed by atoms with Crippen molar-refractivity contribution in [1.82, 2.24) is 15.1 Å². The van der Waals surface area contributed by atoms with Crippen molar-refractivity contribution in [3.05, 3.63) is 38.3 Å². The highest BCUT2D eigenvalue weighted by molar-refractivity contribution is 9.10. The lowest BCUT2D eigenvalue weighted by Crippen LogP contribution is -2.34. The average Bonchev–Trinajstić information content (AvgIpc) is 2.83. The summed E-state index contributed by atoms with van der Waals surface area (Å²) < 4.78 is 2.98. The number of hydrogen-bond acceptors (Lipinski definition) is 3. The van der Waals surface area contributed by atoms with Gasteiger partial charge in [-0.3, -0.25) is 4.68 Å². The van der Waals surface area contributed by atoms with Gasteiger partial charge >= 0.3 is 0 Å². The molecule has 0 amide bonds. The van der Waals surface area contributed by atoms with Crippen LogP contribution in [0.2, 0.25) is 0 Å². The zero-order valence-corrected chi connectivity index (χ0v) is 14.2. The molecule has 19 heavy (non-hydrogen) atoms. The van der Waals surface area contributed by atoms with Gasteiger partial charge in [-0.25, -0.2) is 0 Å². The summed E-state index contributed by atoms with van der Waals surface area (Å²) in [6, 6.07) is 2.29. The van der Waals surface area contributed by atoms with E-state index in [2.05, 4.69) is 60.1 Å². The van der Waals surface area contributed by atoms with E-state index in [1.807, 2.05) is 28.4 Å². The third-order valence-corrected chi connectivity index (χ3v) is 4.30. The van der Waals surface area contributed by atoms with Crippen molar-refractivity contribution in [2.75, 3.05) is 0 Å². The van der Waals surface area contributed by atoms with Crippen LogP contribution in [0.15, 0.2) is 22.9 Å². The summed E-state index contributed by atoms with van der Waals surface area (Å²) in [6.45, 7) is 10.5. The molecule has 0 bridgehead atoms. The monoisotopic (exact) mass is 341 g/mol. The molecule has 0 aliphatic heterocycles. The van der Waals surface area contributed by atoms with Crippen LogP contribution in [0.5, 0.6) is 0 Å². The van der Waals surface area contributed by atoms with Gasteiger partial charge in [-0.1, -0.05) is 0 Å². The number of aryl methyl sites for hydroxylation is 1. The fourth-order valence-electron chi connectivity index (χ4n) is 1.78. The van der Waals surface area contributed by atoms with Gasteiger partial charge in [-0.05, 0) is 55.3 Å². The van der Waals surface area contributed by atoms with Gasteiger partial charge in [-0.15, -0.1) is 11.3 Å².